The lowest BCUT2D eigenvalue weighted by atomic mass is 10.2. The summed E-state index contributed by atoms with van der Waals surface area (Å²) in [6, 6.07) is 17.3. The Morgan fingerprint density at radius 3 is 2.52 bits per heavy atom. The van der Waals surface area contributed by atoms with Crippen LogP contribution < -0.4 is 10.1 Å². The van der Waals surface area contributed by atoms with Crippen molar-refractivity contribution >= 4 is 5.91 Å². The Balaban J connectivity index is 1.56. The van der Waals surface area contributed by atoms with Gasteiger partial charge in [-0.2, -0.15) is 4.98 Å². The number of aromatic nitrogens is 2. The Morgan fingerprint density at radius 2 is 1.85 bits per heavy atom. The second kappa shape index (κ2) is 8.98. The predicted molar refractivity (Wildman–Crippen MR) is 102 cm³/mol. The van der Waals surface area contributed by atoms with Gasteiger partial charge in [-0.05, 0) is 30.5 Å². The van der Waals surface area contributed by atoms with Gasteiger partial charge in [0.1, 0.15) is 5.75 Å². The van der Waals surface area contributed by atoms with E-state index in [0.29, 0.717) is 23.9 Å². The highest BCUT2D eigenvalue weighted by atomic mass is 16.5. The lowest BCUT2D eigenvalue weighted by Gasteiger charge is -2.17. The van der Waals surface area contributed by atoms with Gasteiger partial charge >= 0.3 is 0 Å². The molecule has 0 aliphatic heterocycles. The van der Waals surface area contributed by atoms with E-state index in [2.05, 4.69) is 22.4 Å². The Kier molecular flexibility index (Phi) is 6.20. The van der Waals surface area contributed by atoms with Crippen molar-refractivity contribution in [2.45, 2.75) is 39.3 Å². The van der Waals surface area contributed by atoms with Crippen LogP contribution in [0.1, 0.15) is 31.7 Å². The molecule has 0 unspecified atom stereocenters. The zero-order chi connectivity index (χ0) is 19.1. The van der Waals surface area contributed by atoms with Gasteiger partial charge in [0.05, 0.1) is 6.54 Å². The van der Waals surface area contributed by atoms with Crippen molar-refractivity contribution in [1.82, 2.24) is 15.5 Å². The van der Waals surface area contributed by atoms with Crippen molar-refractivity contribution in [2.24, 2.45) is 0 Å². The van der Waals surface area contributed by atoms with Gasteiger partial charge in [-0.25, -0.2) is 0 Å². The molecular weight excluding hydrogens is 342 g/mol. The van der Waals surface area contributed by atoms with Gasteiger partial charge in [-0.15, -0.1) is 0 Å². The largest absolute Gasteiger partial charge is 0.481 e. The molecule has 0 radical (unpaired) electrons. The molecule has 0 saturated carbocycles. The normalized spacial score (nSPS) is 11.8. The molecule has 2 aromatic carbocycles. The molecule has 3 aromatic rings. The Bertz CT molecular complexity index is 860. The quantitative estimate of drug-likeness (QED) is 0.657. The van der Waals surface area contributed by atoms with E-state index >= 15 is 0 Å². The average Bonchev–Trinajstić information content (AvgIpc) is 3.20. The summed E-state index contributed by atoms with van der Waals surface area (Å²) in [5.74, 6) is 1.32. The zero-order valence-corrected chi connectivity index (χ0v) is 15.5. The first kappa shape index (κ1) is 18.6. The van der Waals surface area contributed by atoms with E-state index in [9.17, 15) is 4.79 Å². The third kappa shape index (κ3) is 4.94. The summed E-state index contributed by atoms with van der Waals surface area (Å²) >= 11 is 0. The number of hydrogen-bond donors (Lipinski definition) is 1. The summed E-state index contributed by atoms with van der Waals surface area (Å²) in [5.41, 5.74) is 2.09. The molecule has 1 amide bonds. The maximum atomic E-state index is 12.4. The number of nitrogens with zero attached hydrogens (tertiary/aromatic N) is 2. The van der Waals surface area contributed by atoms with Crippen molar-refractivity contribution < 1.29 is 14.1 Å². The first-order valence-corrected chi connectivity index (χ1v) is 9.11. The molecule has 1 N–H and O–H groups in total. The Morgan fingerprint density at radius 1 is 1.11 bits per heavy atom. The van der Waals surface area contributed by atoms with Gasteiger partial charge in [0.2, 0.25) is 11.7 Å². The highest BCUT2D eigenvalue weighted by Gasteiger charge is 2.19. The number of hydrogen-bond acceptors (Lipinski definition) is 5. The van der Waals surface area contributed by atoms with Crippen LogP contribution in [0.2, 0.25) is 0 Å². The second-order valence-electron chi connectivity index (χ2n) is 6.11. The lowest BCUT2D eigenvalue weighted by molar-refractivity contribution is -0.128. The van der Waals surface area contributed by atoms with Crippen LogP contribution in [0.4, 0.5) is 0 Å². The Hall–Kier alpha value is -3.15. The molecule has 1 aromatic heterocycles. The molecule has 1 atom stereocenters. The van der Waals surface area contributed by atoms with Crippen LogP contribution in [-0.4, -0.2) is 22.2 Å². The molecule has 0 bridgehead atoms. The number of carbonyl (C=O) groups excluding carboxylic acids is 1. The SMILES string of the molecule is CCc1ccc(O[C@@H](CC)C(=O)NCc2nc(-c3ccccc3)no2)cc1. The predicted octanol–water partition coefficient (Wildman–Crippen LogP) is 3.77. The minimum atomic E-state index is -0.575. The summed E-state index contributed by atoms with van der Waals surface area (Å²) < 4.78 is 11.0. The number of amides is 1. The first-order chi connectivity index (χ1) is 13.2. The van der Waals surface area contributed by atoms with Crippen LogP contribution in [0, 0.1) is 0 Å². The monoisotopic (exact) mass is 365 g/mol. The molecule has 0 aliphatic rings. The minimum Gasteiger partial charge on any atom is -0.481 e. The summed E-state index contributed by atoms with van der Waals surface area (Å²) in [5, 5.41) is 6.74. The molecular formula is C21H23N3O3. The highest BCUT2D eigenvalue weighted by Crippen LogP contribution is 2.16. The van der Waals surface area contributed by atoms with Gasteiger partial charge in [-0.3, -0.25) is 4.79 Å². The van der Waals surface area contributed by atoms with Crippen molar-refractivity contribution in [1.29, 1.82) is 0 Å². The molecule has 0 fully saturated rings. The molecule has 0 aliphatic carbocycles. The van der Waals surface area contributed by atoms with Gasteiger partial charge in [-0.1, -0.05) is 61.5 Å². The van der Waals surface area contributed by atoms with Gasteiger partial charge < -0.3 is 14.6 Å². The van der Waals surface area contributed by atoms with Crippen molar-refractivity contribution in [3.8, 4) is 17.1 Å². The van der Waals surface area contributed by atoms with Crippen LogP contribution >= 0.6 is 0 Å². The van der Waals surface area contributed by atoms with E-state index in [1.54, 1.807) is 0 Å². The maximum Gasteiger partial charge on any atom is 0.261 e. The summed E-state index contributed by atoms with van der Waals surface area (Å²) in [6.07, 6.45) is 0.946. The van der Waals surface area contributed by atoms with E-state index < -0.39 is 6.10 Å². The smallest absolute Gasteiger partial charge is 0.261 e. The molecule has 140 valence electrons. The molecule has 27 heavy (non-hydrogen) atoms. The number of benzene rings is 2. The van der Waals surface area contributed by atoms with Gasteiger partial charge in [0.25, 0.3) is 5.91 Å². The van der Waals surface area contributed by atoms with Crippen LogP contribution in [0.3, 0.4) is 0 Å². The lowest BCUT2D eigenvalue weighted by Crippen LogP contribution is -2.37. The van der Waals surface area contributed by atoms with Crippen LogP contribution in [0.5, 0.6) is 5.75 Å². The number of nitrogens with one attached hydrogen (secondary N) is 1. The van der Waals surface area contributed by atoms with E-state index in [-0.39, 0.29) is 12.5 Å². The number of aryl methyl sites for hydroxylation is 1. The van der Waals surface area contributed by atoms with Crippen molar-refractivity contribution in [3.05, 3.63) is 66.1 Å². The second-order valence-corrected chi connectivity index (χ2v) is 6.11. The minimum absolute atomic E-state index is 0.160. The fourth-order valence-corrected chi connectivity index (χ4v) is 2.60. The van der Waals surface area contributed by atoms with E-state index in [1.807, 2.05) is 61.5 Å². The maximum absolute atomic E-state index is 12.4. The standard InChI is InChI=1S/C21H23N3O3/c1-3-15-10-12-17(13-11-15)26-18(4-2)21(25)22-14-19-23-20(24-27-19)16-8-6-5-7-9-16/h5-13,18H,3-4,14H2,1-2H3,(H,22,25)/t18-/m0/s1. The van der Waals surface area contributed by atoms with E-state index in [0.717, 1.165) is 12.0 Å². The third-order valence-electron chi connectivity index (χ3n) is 4.19. The topological polar surface area (TPSA) is 77.2 Å². The molecule has 6 heteroatoms. The van der Waals surface area contributed by atoms with Crippen LogP contribution in [0.25, 0.3) is 11.4 Å². The van der Waals surface area contributed by atoms with Crippen LogP contribution in [-0.2, 0) is 17.8 Å². The average molecular weight is 365 g/mol. The zero-order valence-electron chi connectivity index (χ0n) is 15.5. The van der Waals surface area contributed by atoms with E-state index in [4.69, 9.17) is 9.26 Å². The fourth-order valence-electron chi connectivity index (χ4n) is 2.60. The number of carbonyl (C=O) groups is 1. The first-order valence-electron chi connectivity index (χ1n) is 9.11. The van der Waals surface area contributed by atoms with E-state index in [1.165, 1.54) is 5.56 Å². The van der Waals surface area contributed by atoms with Crippen molar-refractivity contribution in [2.75, 3.05) is 0 Å². The molecule has 1 heterocycles. The third-order valence-corrected chi connectivity index (χ3v) is 4.19. The van der Waals surface area contributed by atoms with Crippen molar-refractivity contribution in [3.63, 3.8) is 0 Å². The fraction of sp³-hybridized carbons (Fsp3) is 0.286. The summed E-state index contributed by atoms with van der Waals surface area (Å²) in [4.78, 5) is 16.7. The molecule has 3 rings (SSSR count). The highest BCUT2D eigenvalue weighted by molar-refractivity contribution is 5.81. The van der Waals surface area contributed by atoms with Crippen LogP contribution in [0.15, 0.2) is 59.1 Å². The van der Waals surface area contributed by atoms with Gasteiger partial charge in [0, 0.05) is 5.56 Å². The summed E-state index contributed by atoms with van der Waals surface area (Å²) in [7, 11) is 0. The Labute approximate surface area is 158 Å². The van der Waals surface area contributed by atoms with Gasteiger partial charge in [0.15, 0.2) is 6.10 Å². The summed E-state index contributed by atoms with van der Waals surface area (Å²) in [6.45, 7) is 4.16. The number of ether oxygens (including phenoxy) is 1. The molecule has 0 spiro atoms. The molecule has 6 nitrogen and oxygen atoms in total. The molecule has 0 saturated heterocycles. The number of rotatable bonds is 8.